The topological polar surface area (TPSA) is 43.6 Å². The predicted octanol–water partition coefficient (Wildman–Crippen LogP) is 21.3. The zero-order valence-electron chi connectivity index (χ0n) is 46.5. The fourth-order valence-corrected chi connectivity index (χ4v) is 12.1. The molecule has 0 spiro atoms. The van der Waals surface area contributed by atoms with Crippen molar-refractivity contribution >= 4 is 21.8 Å². The minimum atomic E-state index is 0.570. The van der Waals surface area contributed by atoms with E-state index in [0.29, 0.717) is 17.5 Å². The average Bonchev–Trinajstić information content (AvgIpc) is 2.84. The van der Waals surface area contributed by atoms with Gasteiger partial charge >= 0.3 is 0 Å². The molecule has 85 heavy (non-hydrogen) atoms. The molecule has 2 aromatic heterocycles. The van der Waals surface area contributed by atoms with Crippen LogP contribution >= 0.6 is 0 Å². The number of hydrogen-bond acceptors (Lipinski definition) is 3. The first-order chi connectivity index (χ1) is 42.1. The van der Waals surface area contributed by atoms with Crippen LogP contribution in [0.5, 0.6) is 0 Å². The molecule has 0 aliphatic carbocycles. The van der Waals surface area contributed by atoms with Crippen molar-refractivity contribution in [1.82, 2.24) is 19.5 Å². The Hall–Kier alpha value is -11.3. The number of nitrogens with zero attached hydrogens (tertiary/aromatic N) is 4. The summed E-state index contributed by atoms with van der Waals surface area (Å²) < 4.78 is 2.55. The van der Waals surface area contributed by atoms with Crippen LogP contribution in [0.15, 0.2) is 328 Å². The third-order valence-electron chi connectivity index (χ3n) is 16.3. The van der Waals surface area contributed by atoms with Gasteiger partial charge in [0.15, 0.2) is 17.5 Å². The van der Waals surface area contributed by atoms with Crippen LogP contribution in [0.3, 0.4) is 0 Å². The van der Waals surface area contributed by atoms with Crippen molar-refractivity contribution in [3.05, 3.63) is 328 Å². The van der Waals surface area contributed by atoms with Gasteiger partial charge in [-0.3, -0.25) is 0 Å². The lowest BCUT2D eigenvalue weighted by Crippen LogP contribution is -2.04. The highest BCUT2D eigenvalue weighted by Gasteiger charge is 2.26. The first-order valence-corrected chi connectivity index (χ1v) is 28.9. The molecule has 15 aromatic rings. The Kier molecular flexibility index (Phi) is 13.2. The van der Waals surface area contributed by atoms with Gasteiger partial charge in [-0.2, -0.15) is 0 Å². The molecule has 0 fully saturated rings. The van der Waals surface area contributed by atoms with E-state index >= 15 is 0 Å². The molecule has 0 atom stereocenters. The molecule has 0 radical (unpaired) electrons. The van der Waals surface area contributed by atoms with E-state index in [0.717, 1.165) is 122 Å². The van der Waals surface area contributed by atoms with E-state index in [9.17, 15) is 0 Å². The zero-order valence-corrected chi connectivity index (χ0v) is 46.5. The van der Waals surface area contributed by atoms with Gasteiger partial charge in [-0.25, -0.2) is 15.0 Å². The number of benzene rings is 13. The molecule has 0 aliphatic heterocycles. The molecule has 0 amide bonds. The van der Waals surface area contributed by atoms with E-state index in [1.165, 1.54) is 11.1 Å². The summed E-state index contributed by atoms with van der Waals surface area (Å²) in [6, 6.07) is 117. The normalized spacial score (nSPS) is 11.3. The van der Waals surface area contributed by atoms with E-state index in [-0.39, 0.29) is 0 Å². The van der Waals surface area contributed by atoms with Crippen molar-refractivity contribution < 1.29 is 0 Å². The lowest BCUT2D eigenvalue weighted by molar-refractivity contribution is 1.07. The molecule has 4 heteroatoms. The largest absolute Gasteiger partial charge is 0.308 e. The van der Waals surface area contributed by atoms with Crippen molar-refractivity contribution in [1.29, 1.82) is 0 Å². The first-order valence-electron chi connectivity index (χ1n) is 28.9. The summed E-state index contributed by atoms with van der Waals surface area (Å²) in [4.78, 5) is 16.2. The van der Waals surface area contributed by atoms with Gasteiger partial charge in [0.25, 0.3) is 0 Å². The molecule has 0 N–H and O–H groups in total. The Morgan fingerprint density at radius 1 is 0.176 bits per heavy atom. The zero-order chi connectivity index (χ0) is 56.5. The molecule has 0 aliphatic rings. The Bertz CT molecular complexity index is 4540. The number of aromatic nitrogens is 4. The quantitative estimate of drug-likeness (QED) is 0.122. The lowest BCUT2D eigenvalue weighted by Gasteiger charge is -2.22. The summed E-state index contributed by atoms with van der Waals surface area (Å²) in [6.07, 6.45) is 0. The molecule has 0 saturated heterocycles. The summed E-state index contributed by atoms with van der Waals surface area (Å²) in [6.45, 7) is 0. The Balaban J connectivity index is 1.04. The molecule has 0 bridgehead atoms. The van der Waals surface area contributed by atoms with Crippen LogP contribution in [-0.2, 0) is 0 Å². The second kappa shape index (κ2) is 22.2. The summed E-state index contributed by atoms with van der Waals surface area (Å²) >= 11 is 0. The predicted molar refractivity (Wildman–Crippen MR) is 354 cm³/mol. The molecule has 4 nitrogen and oxygen atoms in total. The Morgan fingerprint density at radius 2 is 0.400 bits per heavy atom. The van der Waals surface area contributed by atoms with E-state index in [4.69, 9.17) is 15.0 Å². The highest BCUT2D eigenvalue weighted by molar-refractivity contribution is 6.16. The van der Waals surface area contributed by atoms with Crippen LogP contribution in [0.2, 0.25) is 0 Å². The van der Waals surface area contributed by atoms with E-state index in [2.05, 4.69) is 320 Å². The minimum Gasteiger partial charge on any atom is -0.308 e. The highest BCUT2D eigenvalue weighted by Crippen LogP contribution is 2.49. The molecule has 0 saturated carbocycles. The van der Waals surface area contributed by atoms with Crippen LogP contribution in [0, 0.1) is 0 Å². The molecule has 398 valence electrons. The van der Waals surface area contributed by atoms with Crippen LogP contribution in [0.1, 0.15) is 0 Å². The van der Waals surface area contributed by atoms with Gasteiger partial charge in [0.2, 0.25) is 0 Å². The van der Waals surface area contributed by atoms with Crippen molar-refractivity contribution in [3.63, 3.8) is 0 Å². The molecule has 0 unspecified atom stereocenters. The van der Waals surface area contributed by atoms with E-state index in [1.54, 1.807) is 0 Å². The number of rotatable bonds is 12. The second-order valence-corrected chi connectivity index (χ2v) is 21.5. The van der Waals surface area contributed by atoms with Gasteiger partial charge < -0.3 is 4.57 Å². The van der Waals surface area contributed by atoms with Crippen LogP contribution in [0.4, 0.5) is 0 Å². The lowest BCUT2D eigenvalue weighted by atomic mass is 9.91. The smallest absolute Gasteiger partial charge is 0.164 e. The van der Waals surface area contributed by atoms with Crippen LogP contribution in [0.25, 0.3) is 151 Å². The van der Waals surface area contributed by atoms with Gasteiger partial charge in [0, 0.05) is 38.6 Å². The number of fused-ring (bicyclic) bond motifs is 3. The van der Waals surface area contributed by atoms with Gasteiger partial charge in [0.1, 0.15) is 0 Å². The van der Waals surface area contributed by atoms with Gasteiger partial charge in [-0.05, 0) is 114 Å². The molecule has 2 heterocycles. The summed E-state index contributed by atoms with van der Waals surface area (Å²) in [5.41, 5.74) is 23.8. The van der Waals surface area contributed by atoms with Crippen LogP contribution < -0.4 is 0 Å². The van der Waals surface area contributed by atoms with Gasteiger partial charge in [-0.1, -0.05) is 291 Å². The molecular weight excluding hydrogens is 1030 g/mol. The third-order valence-corrected chi connectivity index (χ3v) is 16.3. The Morgan fingerprint density at radius 3 is 0.694 bits per heavy atom. The molecule has 13 aromatic carbocycles. The number of hydrogen-bond donors (Lipinski definition) is 0. The minimum absolute atomic E-state index is 0.570. The van der Waals surface area contributed by atoms with Crippen molar-refractivity contribution in [2.75, 3.05) is 0 Å². The van der Waals surface area contributed by atoms with Gasteiger partial charge in [0.05, 0.1) is 16.7 Å². The standard InChI is InChI=1S/C81H54N4/c1-9-25-55(26-10-1)57-41-45-65(46-42-57)79-82-80(66-47-43-58(44-48-66)56-27-11-2-12-28-56)84-81(83-79)67-49-72(63-37-21-7-22-38-63)78(73(50-67)64-39-23-8-24-40-64)85-76-53-70(61-33-17-5-18-34-61)68(59-29-13-3-14-30-59)51-74(76)75-52-69(60-31-15-4-16-32-60)71(54-77(75)85)62-35-19-6-20-36-62/h1-54H. The first kappa shape index (κ1) is 50.6. The van der Waals surface area contributed by atoms with E-state index in [1.807, 2.05) is 12.1 Å². The van der Waals surface area contributed by atoms with Crippen molar-refractivity contribution in [2.24, 2.45) is 0 Å². The highest BCUT2D eigenvalue weighted by atomic mass is 15.0. The maximum atomic E-state index is 5.47. The summed E-state index contributed by atoms with van der Waals surface area (Å²) in [7, 11) is 0. The second-order valence-electron chi connectivity index (χ2n) is 21.5. The molecular formula is C81H54N4. The van der Waals surface area contributed by atoms with Crippen molar-refractivity contribution in [3.8, 4) is 129 Å². The summed E-state index contributed by atoms with van der Waals surface area (Å²) in [5.74, 6) is 1.75. The average molecular weight is 1080 g/mol. The maximum absolute atomic E-state index is 5.47. The maximum Gasteiger partial charge on any atom is 0.164 e. The van der Waals surface area contributed by atoms with Gasteiger partial charge in [-0.15, -0.1) is 0 Å². The fraction of sp³-hybridized carbons (Fsp3) is 0. The van der Waals surface area contributed by atoms with E-state index < -0.39 is 0 Å². The van der Waals surface area contributed by atoms with Crippen LogP contribution in [-0.4, -0.2) is 19.5 Å². The Labute approximate surface area is 495 Å². The van der Waals surface area contributed by atoms with Crippen molar-refractivity contribution in [2.45, 2.75) is 0 Å². The SMILES string of the molecule is c1ccc(-c2ccc(-c3nc(-c4ccc(-c5ccccc5)cc4)nc(-c4cc(-c5ccccc5)c(-n5c6cc(-c7ccccc7)c(-c7ccccc7)cc6c6cc(-c7ccccc7)c(-c7ccccc7)cc65)c(-c5ccccc5)c4)n3)cc2)cc1. The monoisotopic (exact) mass is 1080 g/mol. The third kappa shape index (κ3) is 9.78. The summed E-state index contributed by atoms with van der Waals surface area (Å²) in [5, 5.41) is 2.30. The fourth-order valence-electron chi connectivity index (χ4n) is 12.1. The molecule has 15 rings (SSSR count).